The molecule has 0 amide bonds. The van der Waals surface area contributed by atoms with Gasteiger partial charge in [-0.15, -0.1) is 0 Å². The van der Waals surface area contributed by atoms with Gasteiger partial charge >= 0.3 is 5.97 Å². The van der Waals surface area contributed by atoms with E-state index in [1.54, 1.807) is 13.8 Å². The largest absolute Gasteiger partial charge is 0.491 e. The Labute approximate surface area is 158 Å². The maximum atomic E-state index is 14.1. The topological polar surface area (TPSA) is 94.6 Å². The molecule has 0 aliphatic carbocycles. The van der Waals surface area contributed by atoms with Crippen molar-refractivity contribution in [1.29, 1.82) is 5.26 Å². The Morgan fingerprint density at radius 1 is 1.41 bits per heavy atom. The van der Waals surface area contributed by atoms with Gasteiger partial charge in [-0.3, -0.25) is 0 Å². The van der Waals surface area contributed by atoms with Crippen molar-refractivity contribution in [3.05, 3.63) is 52.4 Å². The first kappa shape index (κ1) is 20.3. The van der Waals surface area contributed by atoms with E-state index in [0.29, 0.717) is 12.2 Å². The molecule has 0 bridgehead atoms. The Hall–Kier alpha value is -3.01. The summed E-state index contributed by atoms with van der Waals surface area (Å²) in [5, 5.41) is 9.56. The van der Waals surface area contributed by atoms with Gasteiger partial charge in [0.05, 0.1) is 24.7 Å². The van der Waals surface area contributed by atoms with Crippen LogP contribution in [0.25, 0.3) is 0 Å². The number of hydrogen-bond donors (Lipinski definition) is 1. The van der Waals surface area contributed by atoms with Crippen molar-refractivity contribution in [3.8, 4) is 11.8 Å². The van der Waals surface area contributed by atoms with Crippen LogP contribution in [0.4, 0.5) is 4.39 Å². The molecule has 0 fully saturated rings. The van der Waals surface area contributed by atoms with Crippen LogP contribution in [-0.4, -0.2) is 19.2 Å². The number of rotatable bonds is 7. The van der Waals surface area contributed by atoms with Gasteiger partial charge < -0.3 is 19.9 Å². The van der Waals surface area contributed by atoms with Crippen molar-refractivity contribution < 1.29 is 23.4 Å². The minimum absolute atomic E-state index is 0.0594. The van der Waals surface area contributed by atoms with Crippen molar-refractivity contribution in [2.24, 2.45) is 5.73 Å². The van der Waals surface area contributed by atoms with Gasteiger partial charge in [-0.25, -0.2) is 9.18 Å². The zero-order valence-corrected chi connectivity index (χ0v) is 15.7. The third-order valence-corrected chi connectivity index (χ3v) is 4.14. The Kier molecular flexibility index (Phi) is 6.83. The van der Waals surface area contributed by atoms with E-state index in [0.717, 1.165) is 12.8 Å². The second-order valence-corrected chi connectivity index (χ2v) is 6.01. The average Bonchev–Trinajstić information content (AvgIpc) is 2.63. The molecule has 7 heteroatoms. The molecule has 0 spiro atoms. The number of allylic oxidation sites excluding steroid dienone is 2. The van der Waals surface area contributed by atoms with E-state index >= 15 is 0 Å². The normalized spacial score (nSPS) is 16.6. The third kappa shape index (κ3) is 4.40. The first-order valence-corrected chi connectivity index (χ1v) is 8.82. The third-order valence-electron chi connectivity index (χ3n) is 4.14. The molecule has 1 aromatic rings. The molecule has 1 atom stereocenters. The minimum atomic E-state index is -0.822. The Morgan fingerprint density at radius 2 is 2.15 bits per heavy atom. The number of benzene rings is 1. The van der Waals surface area contributed by atoms with Gasteiger partial charge in [0.25, 0.3) is 0 Å². The summed E-state index contributed by atoms with van der Waals surface area (Å²) in [5.74, 6) is -1.74. The standard InChI is InChI=1S/C20H23FN2O4/c1-4-6-9-26-16-10-13(7-8-15(16)21)18-14(11-22)19(23)27-12(3)17(18)20(24)25-5-2/h7-8,10,18H,4-6,9,23H2,1-3H3. The van der Waals surface area contributed by atoms with Crippen LogP contribution in [0.2, 0.25) is 0 Å². The Morgan fingerprint density at radius 3 is 2.78 bits per heavy atom. The number of halogens is 1. The van der Waals surface area contributed by atoms with Gasteiger partial charge in [0.15, 0.2) is 11.6 Å². The first-order valence-electron chi connectivity index (χ1n) is 8.82. The van der Waals surface area contributed by atoms with Crippen LogP contribution >= 0.6 is 0 Å². The summed E-state index contributed by atoms with van der Waals surface area (Å²) in [7, 11) is 0. The van der Waals surface area contributed by atoms with Gasteiger partial charge in [-0.1, -0.05) is 19.4 Å². The highest BCUT2D eigenvalue weighted by atomic mass is 19.1. The molecule has 0 saturated carbocycles. The molecule has 0 aromatic heterocycles. The summed E-state index contributed by atoms with van der Waals surface area (Å²) in [4.78, 5) is 12.5. The zero-order valence-electron chi connectivity index (χ0n) is 15.7. The lowest BCUT2D eigenvalue weighted by molar-refractivity contribution is -0.139. The Bertz CT molecular complexity index is 824. The van der Waals surface area contributed by atoms with Crippen LogP contribution in [-0.2, 0) is 14.3 Å². The molecule has 1 aromatic carbocycles. The van der Waals surface area contributed by atoms with Gasteiger partial charge in [0, 0.05) is 0 Å². The number of hydrogen-bond acceptors (Lipinski definition) is 6. The SMILES string of the molecule is CCCCOc1cc(C2C(C#N)=C(N)OC(C)=C2C(=O)OCC)ccc1F. The fourth-order valence-corrected chi connectivity index (χ4v) is 2.82. The van der Waals surface area contributed by atoms with E-state index in [9.17, 15) is 14.4 Å². The van der Waals surface area contributed by atoms with Gasteiger partial charge in [0.2, 0.25) is 5.88 Å². The van der Waals surface area contributed by atoms with Crippen LogP contribution in [0.1, 0.15) is 45.1 Å². The lowest BCUT2D eigenvalue weighted by Gasteiger charge is -2.27. The van der Waals surface area contributed by atoms with E-state index in [2.05, 4.69) is 0 Å². The van der Waals surface area contributed by atoms with Crippen LogP contribution in [0.3, 0.4) is 0 Å². The molecule has 1 aliphatic rings. The molecule has 1 aliphatic heterocycles. The molecule has 0 saturated heterocycles. The predicted octanol–water partition coefficient (Wildman–Crippen LogP) is 3.65. The number of nitriles is 1. The van der Waals surface area contributed by atoms with Crippen LogP contribution < -0.4 is 10.5 Å². The summed E-state index contributed by atoms with van der Waals surface area (Å²) >= 11 is 0. The predicted molar refractivity (Wildman–Crippen MR) is 96.8 cm³/mol. The van der Waals surface area contributed by atoms with Crippen molar-refractivity contribution in [2.75, 3.05) is 13.2 Å². The van der Waals surface area contributed by atoms with Gasteiger partial charge in [-0.05, 0) is 38.0 Å². The van der Waals surface area contributed by atoms with Gasteiger partial charge in [-0.2, -0.15) is 5.26 Å². The lowest BCUT2D eigenvalue weighted by Crippen LogP contribution is -2.25. The maximum absolute atomic E-state index is 14.1. The van der Waals surface area contributed by atoms with Crippen LogP contribution in [0.5, 0.6) is 5.75 Å². The highest BCUT2D eigenvalue weighted by Gasteiger charge is 2.36. The van der Waals surface area contributed by atoms with Crippen molar-refractivity contribution in [1.82, 2.24) is 0 Å². The number of carbonyl (C=O) groups excluding carboxylic acids is 1. The van der Waals surface area contributed by atoms with Crippen LogP contribution in [0, 0.1) is 17.1 Å². The number of ether oxygens (including phenoxy) is 3. The number of carbonyl (C=O) groups is 1. The highest BCUT2D eigenvalue weighted by molar-refractivity contribution is 5.92. The zero-order chi connectivity index (χ0) is 20.0. The molecule has 6 nitrogen and oxygen atoms in total. The first-order chi connectivity index (χ1) is 12.9. The lowest BCUT2D eigenvalue weighted by atomic mass is 9.83. The monoisotopic (exact) mass is 374 g/mol. The van der Waals surface area contributed by atoms with E-state index in [1.807, 2.05) is 13.0 Å². The summed E-state index contributed by atoms with van der Waals surface area (Å²) < 4.78 is 30.1. The van der Waals surface area contributed by atoms with E-state index in [4.69, 9.17) is 19.9 Å². The van der Waals surface area contributed by atoms with E-state index in [-0.39, 0.29) is 35.1 Å². The number of nitrogens with two attached hydrogens (primary N) is 1. The molecule has 0 radical (unpaired) electrons. The van der Waals surface area contributed by atoms with Crippen molar-refractivity contribution in [3.63, 3.8) is 0 Å². The van der Waals surface area contributed by atoms with Gasteiger partial charge in [0.1, 0.15) is 17.4 Å². The van der Waals surface area contributed by atoms with Crippen molar-refractivity contribution >= 4 is 5.97 Å². The molecule has 1 unspecified atom stereocenters. The fourth-order valence-electron chi connectivity index (χ4n) is 2.82. The quantitative estimate of drug-likeness (QED) is 0.578. The highest BCUT2D eigenvalue weighted by Crippen LogP contribution is 2.40. The average molecular weight is 374 g/mol. The summed E-state index contributed by atoms with van der Waals surface area (Å²) in [6, 6.07) is 6.21. The second-order valence-electron chi connectivity index (χ2n) is 6.01. The Balaban J connectivity index is 2.53. The molecule has 27 heavy (non-hydrogen) atoms. The summed E-state index contributed by atoms with van der Waals surface area (Å²) in [6.07, 6.45) is 1.69. The van der Waals surface area contributed by atoms with E-state index < -0.39 is 17.7 Å². The maximum Gasteiger partial charge on any atom is 0.338 e. The van der Waals surface area contributed by atoms with E-state index in [1.165, 1.54) is 18.2 Å². The number of esters is 1. The number of nitrogens with zero attached hydrogens (tertiary/aromatic N) is 1. The molecule has 2 rings (SSSR count). The molecule has 1 heterocycles. The molecular weight excluding hydrogens is 351 g/mol. The molecular formula is C20H23FN2O4. The number of unbranched alkanes of at least 4 members (excludes halogenated alkanes) is 1. The minimum Gasteiger partial charge on any atom is -0.491 e. The summed E-state index contributed by atoms with van der Waals surface area (Å²) in [5.41, 5.74) is 6.57. The second kappa shape index (κ2) is 9.08. The van der Waals surface area contributed by atoms with Crippen LogP contribution in [0.15, 0.2) is 41.0 Å². The molecule has 2 N–H and O–H groups in total. The van der Waals surface area contributed by atoms with Crippen molar-refractivity contribution in [2.45, 2.75) is 39.5 Å². The summed E-state index contributed by atoms with van der Waals surface area (Å²) in [6.45, 7) is 5.79. The smallest absolute Gasteiger partial charge is 0.338 e. The fraction of sp³-hybridized carbons (Fsp3) is 0.400. The molecule has 144 valence electrons.